The van der Waals surface area contributed by atoms with E-state index in [1.807, 2.05) is 89.4 Å². The van der Waals surface area contributed by atoms with E-state index >= 15 is 0 Å². The first-order chi connectivity index (χ1) is 16.1. The zero-order valence-corrected chi connectivity index (χ0v) is 23.5. The molecule has 0 saturated heterocycles. The van der Waals surface area contributed by atoms with Gasteiger partial charge in [0.05, 0.1) is 14.3 Å². The van der Waals surface area contributed by atoms with Crippen LogP contribution in [-0.2, 0) is 32.1 Å². The Labute approximate surface area is 226 Å². The topological polar surface area (TPSA) is 114 Å². The van der Waals surface area contributed by atoms with E-state index in [0.29, 0.717) is 13.6 Å². The Balaban J connectivity index is 2.20. The molecule has 2 rings (SSSR count). The SMILES string of the molecule is COC(=O)[C@@H](CC(C)C)NC(=O)[C@H](Cc1cc(I)c(O)c(I)c1)NC(=O)OCc1ccccc1. The van der Waals surface area contributed by atoms with E-state index in [9.17, 15) is 19.5 Å². The Hall–Kier alpha value is -2.09. The fourth-order valence-electron chi connectivity index (χ4n) is 3.19. The summed E-state index contributed by atoms with van der Waals surface area (Å²) >= 11 is 4.01. The number of ether oxygens (including phenoxy) is 2. The van der Waals surface area contributed by atoms with E-state index < -0.39 is 30.1 Å². The predicted octanol–water partition coefficient (Wildman–Crippen LogP) is 4.14. The standard InChI is InChI=1S/C24H28I2N2O6/c1-14(2)9-20(23(31)33-3)27-22(30)19(12-16-10-17(25)21(29)18(26)11-16)28-24(32)34-13-15-7-5-4-6-8-15/h4-8,10-11,14,19-20,29H,9,12-13H2,1-3H3,(H,27,30)(H,28,32)/t19-,20+/m0/s1. The number of hydrogen-bond acceptors (Lipinski definition) is 6. The summed E-state index contributed by atoms with van der Waals surface area (Å²) in [5, 5.41) is 15.4. The molecule has 2 aromatic rings. The van der Waals surface area contributed by atoms with Gasteiger partial charge in [-0.3, -0.25) is 4.79 Å². The van der Waals surface area contributed by atoms with Crippen molar-refractivity contribution in [1.29, 1.82) is 0 Å². The first kappa shape index (κ1) is 28.1. The number of esters is 1. The van der Waals surface area contributed by atoms with Crippen LogP contribution in [0.3, 0.4) is 0 Å². The summed E-state index contributed by atoms with van der Waals surface area (Å²) in [6, 6.07) is 10.8. The number of hydrogen-bond donors (Lipinski definition) is 3. The highest BCUT2D eigenvalue weighted by atomic mass is 127. The molecule has 0 radical (unpaired) electrons. The van der Waals surface area contributed by atoms with Crippen LogP contribution in [0.25, 0.3) is 0 Å². The molecule has 0 unspecified atom stereocenters. The first-order valence-electron chi connectivity index (χ1n) is 10.6. The zero-order chi connectivity index (χ0) is 25.3. The van der Waals surface area contributed by atoms with Crippen LogP contribution in [0.5, 0.6) is 5.75 Å². The quantitative estimate of drug-likeness (QED) is 0.255. The Morgan fingerprint density at radius 1 is 0.971 bits per heavy atom. The third kappa shape index (κ3) is 8.93. The number of phenols is 1. The number of nitrogens with one attached hydrogen (secondary N) is 2. The molecule has 0 saturated carbocycles. The fourth-order valence-corrected chi connectivity index (χ4v) is 5.09. The number of carbonyl (C=O) groups excluding carboxylic acids is 3. The first-order valence-corrected chi connectivity index (χ1v) is 12.8. The molecule has 0 aliphatic carbocycles. The number of methoxy groups -OCH3 is 1. The summed E-state index contributed by atoms with van der Waals surface area (Å²) in [4.78, 5) is 37.9. The number of amides is 2. The van der Waals surface area contributed by atoms with E-state index in [2.05, 4.69) is 10.6 Å². The Kier molecular flexibility index (Phi) is 11.4. The molecule has 0 aromatic heterocycles. The van der Waals surface area contributed by atoms with Crippen molar-refractivity contribution in [3.8, 4) is 5.75 Å². The van der Waals surface area contributed by atoms with E-state index in [-0.39, 0.29) is 24.7 Å². The number of phenolic OH excluding ortho intramolecular Hbond substituents is 1. The van der Waals surface area contributed by atoms with Gasteiger partial charge in [0, 0.05) is 6.42 Å². The summed E-state index contributed by atoms with van der Waals surface area (Å²) in [7, 11) is 1.26. The van der Waals surface area contributed by atoms with Crippen molar-refractivity contribution in [2.45, 2.75) is 45.4 Å². The summed E-state index contributed by atoms with van der Waals surface area (Å²) in [5.41, 5.74) is 1.54. The normalized spacial score (nSPS) is 12.5. The highest BCUT2D eigenvalue weighted by molar-refractivity contribution is 14.1. The van der Waals surface area contributed by atoms with Gasteiger partial charge in [0.2, 0.25) is 5.91 Å². The van der Waals surface area contributed by atoms with E-state index in [0.717, 1.165) is 11.1 Å². The highest BCUT2D eigenvalue weighted by Gasteiger charge is 2.29. The van der Waals surface area contributed by atoms with Gasteiger partial charge in [-0.15, -0.1) is 0 Å². The van der Waals surface area contributed by atoms with Crippen LogP contribution in [0.2, 0.25) is 0 Å². The zero-order valence-electron chi connectivity index (χ0n) is 19.1. The van der Waals surface area contributed by atoms with Crippen LogP contribution in [0, 0.1) is 13.1 Å². The number of benzene rings is 2. The molecule has 2 amide bonds. The van der Waals surface area contributed by atoms with Crippen LogP contribution in [0.15, 0.2) is 42.5 Å². The third-order valence-electron chi connectivity index (χ3n) is 4.85. The number of rotatable bonds is 10. The smallest absolute Gasteiger partial charge is 0.408 e. The van der Waals surface area contributed by atoms with Gasteiger partial charge >= 0.3 is 12.1 Å². The molecule has 0 spiro atoms. The van der Waals surface area contributed by atoms with Crippen molar-refractivity contribution in [2.24, 2.45) is 5.92 Å². The lowest BCUT2D eigenvalue weighted by molar-refractivity contribution is -0.145. The fraction of sp³-hybridized carbons (Fsp3) is 0.375. The summed E-state index contributed by atoms with van der Waals surface area (Å²) in [6.07, 6.45) is -0.238. The summed E-state index contributed by atoms with van der Waals surface area (Å²) in [5.74, 6) is -0.803. The molecule has 8 nitrogen and oxygen atoms in total. The summed E-state index contributed by atoms with van der Waals surface area (Å²) < 4.78 is 11.4. The minimum Gasteiger partial charge on any atom is -0.506 e. The average molecular weight is 694 g/mol. The maximum absolute atomic E-state index is 13.2. The average Bonchev–Trinajstić information content (AvgIpc) is 2.80. The second kappa shape index (κ2) is 13.7. The molecule has 34 heavy (non-hydrogen) atoms. The highest BCUT2D eigenvalue weighted by Crippen LogP contribution is 2.28. The molecule has 0 aliphatic rings. The molecular formula is C24H28I2N2O6. The molecule has 2 aromatic carbocycles. The maximum Gasteiger partial charge on any atom is 0.408 e. The lowest BCUT2D eigenvalue weighted by Gasteiger charge is -2.23. The van der Waals surface area contributed by atoms with Gasteiger partial charge in [0.15, 0.2) is 0 Å². The lowest BCUT2D eigenvalue weighted by atomic mass is 10.0. The predicted molar refractivity (Wildman–Crippen MR) is 144 cm³/mol. The van der Waals surface area contributed by atoms with Gasteiger partial charge in [0.1, 0.15) is 24.4 Å². The van der Waals surface area contributed by atoms with E-state index in [4.69, 9.17) is 9.47 Å². The van der Waals surface area contributed by atoms with Gasteiger partial charge in [-0.1, -0.05) is 44.2 Å². The Bertz CT molecular complexity index is 977. The monoisotopic (exact) mass is 694 g/mol. The minimum absolute atomic E-state index is 0.0498. The van der Waals surface area contributed by atoms with Crippen LogP contribution in [0.1, 0.15) is 31.4 Å². The third-order valence-corrected chi connectivity index (χ3v) is 6.49. The van der Waals surface area contributed by atoms with Gasteiger partial charge in [-0.25, -0.2) is 9.59 Å². The van der Waals surface area contributed by atoms with Crippen molar-refractivity contribution in [3.63, 3.8) is 0 Å². The Morgan fingerprint density at radius 3 is 2.15 bits per heavy atom. The van der Waals surface area contributed by atoms with Gasteiger partial charge in [-0.05, 0) is 80.8 Å². The number of aromatic hydroxyl groups is 1. The number of alkyl carbamates (subject to hydrolysis) is 1. The van der Waals surface area contributed by atoms with Crippen molar-refractivity contribution in [3.05, 3.63) is 60.7 Å². The number of halogens is 2. The summed E-state index contributed by atoms with van der Waals surface area (Å²) in [6.45, 7) is 3.91. The molecule has 184 valence electrons. The van der Waals surface area contributed by atoms with Crippen LogP contribution in [0.4, 0.5) is 4.79 Å². The lowest BCUT2D eigenvalue weighted by Crippen LogP contribution is -2.53. The van der Waals surface area contributed by atoms with Crippen molar-refractivity contribution < 1.29 is 29.0 Å². The molecule has 0 aliphatic heterocycles. The minimum atomic E-state index is -1.02. The van der Waals surface area contributed by atoms with Crippen LogP contribution < -0.4 is 10.6 Å². The molecule has 10 heteroatoms. The van der Waals surface area contributed by atoms with Gasteiger partial charge in [0.25, 0.3) is 0 Å². The van der Waals surface area contributed by atoms with E-state index in [1.54, 1.807) is 12.1 Å². The van der Waals surface area contributed by atoms with Crippen LogP contribution >= 0.6 is 45.2 Å². The second-order valence-corrected chi connectivity index (χ2v) is 10.4. The molecule has 0 bridgehead atoms. The molecular weight excluding hydrogens is 666 g/mol. The Morgan fingerprint density at radius 2 is 1.59 bits per heavy atom. The molecule has 0 heterocycles. The van der Waals surface area contributed by atoms with Crippen molar-refractivity contribution in [1.82, 2.24) is 10.6 Å². The van der Waals surface area contributed by atoms with Crippen molar-refractivity contribution >= 4 is 63.2 Å². The maximum atomic E-state index is 13.2. The van der Waals surface area contributed by atoms with Crippen molar-refractivity contribution in [2.75, 3.05) is 7.11 Å². The number of carbonyl (C=O) groups is 3. The van der Waals surface area contributed by atoms with Crippen LogP contribution in [-0.4, -0.2) is 42.3 Å². The van der Waals surface area contributed by atoms with E-state index in [1.165, 1.54) is 7.11 Å². The van der Waals surface area contributed by atoms with Gasteiger partial charge in [-0.2, -0.15) is 0 Å². The molecule has 3 N–H and O–H groups in total. The molecule has 2 atom stereocenters. The van der Waals surface area contributed by atoms with Gasteiger partial charge < -0.3 is 25.2 Å². The second-order valence-electron chi connectivity index (χ2n) is 8.08. The molecule has 0 fully saturated rings. The largest absolute Gasteiger partial charge is 0.506 e.